The summed E-state index contributed by atoms with van der Waals surface area (Å²) in [7, 11) is 0. The normalized spacial score (nSPS) is 18.1. The van der Waals surface area contributed by atoms with Gasteiger partial charge in [-0.05, 0) is 38.3 Å². The van der Waals surface area contributed by atoms with Gasteiger partial charge < -0.3 is 5.32 Å². The van der Waals surface area contributed by atoms with Crippen molar-refractivity contribution in [2.75, 3.05) is 5.32 Å². The van der Waals surface area contributed by atoms with E-state index in [1.807, 2.05) is 24.3 Å². The van der Waals surface area contributed by atoms with Crippen LogP contribution in [0.15, 0.2) is 24.3 Å². The van der Waals surface area contributed by atoms with Crippen molar-refractivity contribution in [3.05, 3.63) is 24.3 Å². The summed E-state index contributed by atoms with van der Waals surface area (Å²) < 4.78 is 0. The molecule has 1 aromatic heterocycles. The van der Waals surface area contributed by atoms with Crippen LogP contribution in [0, 0.1) is 0 Å². The van der Waals surface area contributed by atoms with E-state index in [0.29, 0.717) is 5.95 Å². The van der Waals surface area contributed by atoms with Gasteiger partial charge in [0.15, 0.2) is 0 Å². The molecule has 16 heavy (non-hydrogen) atoms. The number of hydrogen-bond acceptors (Lipinski definition) is 4. The number of hydrogen-bond donors (Lipinski definition) is 1. The van der Waals surface area contributed by atoms with Gasteiger partial charge >= 0.3 is 0 Å². The lowest BCUT2D eigenvalue weighted by Gasteiger charge is -2.38. The van der Waals surface area contributed by atoms with Crippen molar-refractivity contribution in [1.29, 1.82) is 0 Å². The SMILES string of the molecule is CC1(Nc2nnc3ccccc3n2)CCC1. The molecule has 4 heteroatoms. The van der Waals surface area contributed by atoms with Gasteiger partial charge in [-0.15, -0.1) is 10.2 Å². The second kappa shape index (κ2) is 3.40. The van der Waals surface area contributed by atoms with Gasteiger partial charge in [0.05, 0.1) is 5.52 Å². The zero-order valence-electron chi connectivity index (χ0n) is 9.27. The Labute approximate surface area is 94.1 Å². The average Bonchev–Trinajstić information content (AvgIpc) is 2.27. The van der Waals surface area contributed by atoms with Crippen LogP contribution in [0.4, 0.5) is 5.95 Å². The molecule has 3 rings (SSSR count). The Kier molecular flexibility index (Phi) is 2.02. The van der Waals surface area contributed by atoms with Crippen LogP contribution in [0.25, 0.3) is 11.0 Å². The molecule has 0 unspecified atom stereocenters. The second-order valence-corrected chi connectivity index (χ2v) is 4.66. The first-order chi connectivity index (χ1) is 7.75. The highest BCUT2D eigenvalue weighted by molar-refractivity contribution is 5.74. The first kappa shape index (κ1) is 9.51. The molecule has 0 atom stereocenters. The Morgan fingerprint density at radius 3 is 2.56 bits per heavy atom. The second-order valence-electron chi connectivity index (χ2n) is 4.66. The number of rotatable bonds is 2. The molecular formula is C12H14N4. The largest absolute Gasteiger partial charge is 0.348 e. The fourth-order valence-corrected chi connectivity index (χ4v) is 2.04. The van der Waals surface area contributed by atoms with Crippen molar-refractivity contribution in [3.8, 4) is 0 Å². The van der Waals surface area contributed by atoms with E-state index < -0.39 is 0 Å². The van der Waals surface area contributed by atoms with E-state index in [1.165, 1.54) is 19.3 Å². The smallest absolute Gasteiger partial charge is 0.243 e. The van der Waals surface area contributed by atoms with Crippen LogP contribution in [-0.2, 0) is 0 Å². The molecule has 0 bridgehead atoms. The fourth-order valence-electron chi connectivity index (χ4n) is 2.04. The summed E-state index contributed by atoms with van der Waals surface area (Å²) >= 11 is 0. The maximum absolute atomic E-state index is 4.46. The van der Waals surface area contributed by atoms with E-state index >= 15 is 0 Å². The van der Waals surface area contributed by atoms with Crippen LogP contribution >= 0.6 is 0 Å². The van der Waals surface area contributed by atoms with E-state index in [0.717, 1.165) is 11.0 Å². The van der Waals surface area contributed by atoms with Gasteiger partial charge in [0.2, 0.25) is 5.95 Å². The number of nitrogens with zero attached hydrogens (tertiary/aromatic N) is 3. The highest BCUT2D eigenvalue weighted by Crippen LogP contribution is 2.33. The number of nitrogens with one attached hydrogen (secondary N) is 1. The van der Waals surface area contributed by atoms with E-state index in [4.69, 9.17) is 0 Å². The monoisotopic (exact) mass is 214 g/mol. The third-order valence-corrected chi connectivity index (χ3v) is 3.23. The van der Waals surface area contributed by atoms with E-state index in [9.17, 15) is 0 Å². The number of anilines is 1. The molecule has 1 aromatic carbocycles. The first-order valence-corrected chi connectivity index (χ1v) is 5.63. The van der Waals surface area contributed by atoms with Crippen molar-refractivity contribution in [2.24, 2.45) is 0 Å². The minimum atomic E-state index is 0.171. The molecule has 1 aliphatic carbocycles. The zero-order chi connectivity index (χ0) is 11.0. The summed E-state index contributed by atoms with van der Waals surface area (Å²) in [6.07, 6.45) is 3.65. The molecule has 1 fully saturated rings. The molecule has 0 aliphatic heterocycles. The van der Waals surface area contributed by atoms with Gasteiger partial charge in [-0.3, -0.25) is 0 Å². The Balaban J connectivity index is 1.93. The van der Waals surface area contributed by atoms with Gasteiger partial charge in [-0.1, -0.05) is 12.1 Å². The molecule has 82 valence electrons. The molecule has 0 radical (unpaired) electrons. The van der Waals surface area contributed by atoms with Crippen LogP contribution in [0.2, 0.25) is 0 Å². The van der Waals surface area contributed by atoms with Crippen LogP contribution in [-0.4, -0.2) is 20.7 Å². The van der Waals surface area contributed by atoms with Crippen LogP contribution in [0.3, 0.4) is 0 Å². The lowest BCUT2D eigenvalue weighted by atomic mass is 9.79. The Hall–Kier alpha value is -1.71. The van der Waals surface area contributed by atoms with Crippen LogP contribution in [0.5, 0.6) is 0 Å². The number of fused-ring (bicyclic) bond motifs is 1. The Bertz CT molecular complexity index is 519. The minimum absolute atomic E-state index is 0.171. The molecule has 2 aromatic rings. The van der Waals surface area contributed by atoms with Gasteiger partial charge in [-0.2, -0.15) is 0 Å². The van der Waals surface area contributed by atoms with Gasteiger partial charge in [0.1, 0.15) is 5.52 Å². The fraction of sp³-hybridized carbons (Fsp3) is 0.417. The maximum Gasteiger partial charge on any atom is 0.243 e. The summed E-state index contributed by atoms with van der Waals surface area (Å²) in [5.74, 6) is 0.640. The van der Waals surface area contributed by atoms with Crippen molar-refractivity contribution in [2.45, 2.75) is 31.7 Å². The minimum Gasteiger partial charge on any atom is -0.348 e. The summed E-state index contributed by atoms with van der Waals surface area (Å²) in [5.41, 5.74) is 1.90. The van der Waals surface area contributed by atoms with Gasteiger partial charge in [-0.25, -0.2) is 4.98 Å². The number of aromatic nitrogens is 3. The Morgan fingerprint density at radius 2 is 1.88 bits per heavy atom. The number of para-hydroxylation sites is 1. The average molecular weight is 214 g/mol. The topological polar surface area (TPSA) is 50.7 Å². The molecular weight excluding hydrogens is 200 g/mol. The predicted molar refractivity (Wildman–Crippen MR) is 63.2 cm³/mol. The van der Waals surface area contributed by atoms with Crippen LogP contribution < -0.4 is 5.32 Å². The molecule has 1 N–H and O–H groups in total. The van der Waals surface area contributed by atoms with Gasteiger partial charge in [0, 0.05) is 5.54 Å². The summed E-state index contributed by atoms with van der Waals surface area (Å²) in [5, 5.41) is 11.6. The zero-order valence-corrected chi connectivity index (χ0v) is 9.27. The molecule has 1 saturated carbocycles. The van der Waals surface area contributed by atoms with E-state index in [2.05, 4.69) is 27.4 Å². The van der Waals surface area contributed by atoms with Gasteiger partial charge in [0.25, 0.3) is 0 Å². The van der Waals surface area contributed by atoms with Crippen LogP contribution in [0.1, 0.15) is 26.2 Å². The quantitative estimate of drug-likeness (QED) is 0.833. The number of benzene rings is 1. The van der Waals surface area contributed by atoms with Crippen molar-refractivity contribution in [3.63, 3.8) is 0 Å². The third-order valence-electron chi connectivity index (χ3n) is 3.23. The molecule has 4 nitrogen and oxygen atoms in total. The van der Waals surface area contributed by atoms with E-state index in [-0.39, 0.29) is 5.54 Å². The first-order valence-electron chi connectivity index (χ1n) is 5.63. The molecule has 0 spiro atoms. The highest BCUT2D eigenvalue weighted by Gasteiger charge is 2.32. The van der Waals surface area contributed by atoms with Crippen molar-refractivity contribution < 1.29 is 0 Å². The molecule has 1 heterocycles. The summed E-state index contributed by atoms with van der Waals surface area (Å²) in [6, 6.07) is 7.79. The third kappa shape index (κ3) is 1.60. The predicted octanol–water partition coefficient (Wildman–Crippen LogP) is 2.38. The standard InChI is InChI=1S/C12H14N4/c1-12(7-4-8-12)14-11-13-9-5-2-3-6-10(9)15-16-11/h2-3,5-6H,4,7-8H2,1H3,(H,13,14,16). The van der Waals surface area contributed by atoms with Crippen molar-refractivity contribution >= 4 is 17.0 Å². The lowest BCUT2D eigenvalue weighted by Crippen LogP contribution is -2.42. The van der Waals surface area contributed by atoms with Crippen molar-refractivity contribution in [1.82, 2.24) is 15.2 Å². The summed E-state index contributed by atoms with van der Waals surface area (Å²) in [6.45, 7) is 2.20. The molecule has 0 amide bonds. The maximum atomic E-state index is 4.46. The lowest BCUT2D eigenvalue weighted by molar-refractivity contribution is 0.304. The molecule has 0 saturated heterocycles. The van der Waals surface area contributed by atoms with E-state index in [1.54, 1.807) is 0 Å². The summed E-state index contributed by atoms with van der Waals surface area (Å²) in [4.78, 5) is 4.46. The highest BCUT2D eigenvalue weighted by atomic mass is 15.3. The Morgan fingerprint density at radius 1 is 1.12 bits per heavy atom. The molecule has 1 aliphatic rings.